The van der Waals surface area contributed by atoms with Crippen molar-refractivity contribution in [2.45, 2.75) is 57.9 Å². The average molecular weight is 412 g/mol. The van der Waals surface area contributed by atoms with Crippen LogP contribution in [0, 0.1) is 6.92 Å². The Kier molecular flexibility index (Phi) is 7.18. The van der Waals surface area contributed by atoms with Crippen LogP contribution >= 0.6 is 0 Å². The van der Waals surface area contributed by atoms with Crippen molar-refractivity contribution in [2.75, 3.05) is 0 Å². The number of Topliss-reactive ketones (excluding diaryl/α,β-unsaturated/α-hetero) is 1. The molecule has 158 valence electrons. The van der Waals surface area contributed by atoms with Crippen LogP contribution in [-0.2, 0) is 9.59 Å². The molecule has 0 fully saturated rings. The van der Waals surface area contributed by atoms with Crippen LogP contribution in [0.1, 0.15) is 55.5 Å². The zero-order chi connectivity index (χ0) is 21.6. The molecule has 0 saturated heterocycles. The van der Waals surface area contributed by atoms with Gasteiger partial charge in [0.15, 0.2) is 11.5 Å². The quantitative estimate of drug-likeness (QED) is 0.540. The highest BCUT2D eigenvalue weighted by molar-refractivity contribution is 5.98. The van der Waals surface area contributed by atoms with E-state index in [9.17, 15) is 23.2 Å². The lowest BCUT2D eigenvalue weighted by Gasteiger charge is -2.17. The molecule has 0 saturated carbocycles. The van der Waals surface area contributed by atoms with E-state index in [-0.39, 0.29) is 18.1 Å². The molecule has 3 N–H and O–H groups in total. The van der Waals surface area contributed by atoms with Crippen LogP contribution in [0.3, 0.4) is 0 Å². The van der Waals surface area contributed by atoms with Crippen molar-refractivity contribution < 1.29 is 32.1 Å². The number of rotatable bonds is 11. The van der Waals surface area contributed by atoms with E-state index in [0.717, 1.165) is 0 Å². The first kappa shape index (κ1) is 22.2. The number of alkyl halides is 2. The molecule has 9 nitrogen and oxygen atoms in total. The summed E-state index contributed by atoms with van der Waals surface area (Å²) in [5.74, 6) is -4.81. The van der Waals surface area contributed by atoms with Gasteiger partial charge in [-0.1, -0.05) is 12.1 Å². The third-order valence-electron chi connectivity index (χ3n) is 4.11. The first-order chi connectivity index (χ1) is 13.6. The monoisotopic (exact) mass is 412 g/mol. The van der Waals surface area contributed by atoms with Gasteiger partial charge in [-0.3, -0.25) is 14.4 Å². The van der Waals surface area contributed by atoms with Gasteiger partial charge in [-0.15, -0.1) is 0 Å². The summed E-state index contributed by atoms with van der Waals surface area (Å²) < 4.78 is 37.6. The number of oxazole rings is 1. The Morgan fingerprint density at radius 3 is 2.55 bits per heavy atom. The van der Waals surface area contributed by atoms with Gasteiger partial charge in [-0.05, 0) is 13.3 Å². The van der Waals surface area contributed by atoms with Crippen molar-refractivity contribution in [1.82, 2.24) is 15.5 Å². The van der Waals surface area contributed by atoms with E-state index in [2.05, 4.69) is 15.5 Å². The topological polar surface area (TPSA) is 141 Å². The second-order valence-electron chi connectivity index (χ2n) is 6.57. The van der Waals surface area contributed by atoms with Crippen molar-refractivity contribution in [3.05, 3.63) is 23.9 Å². The van der Waals surface area contributed by atoms with Gasteiger partial charge in [0.05, 0.1) is 12.2 Å². The number of ketones is 1. The summed E-state index contributed by atoms with van der Waals surface area (Å²) in [6, 6.07) is 0.624. The van der Waals surface area contributed by atoms with Crippen molar-refractivity contribution in [1.29, 1.82) is 0 Å². The van der Waals surface area contributed by atoms with E-state index in [1.807, 2.05) is 0 Å². The van der Waals surface area contributed by atoms with E-state index >= 15 is 0 Å². The Bertz CT molecular complexity index is 877. The maximum absolute atomic E-state index is 13.7. The highest BCUT2D eigenvalue weighted by atomic mass is 19.3. The number of nitrogens with zero attached hydrogens (tertiary/aromatic N) is 2. The highest BCUT2D eigenvalue weighted by Gasteiger charge is 2.31. The predicted octanol–water partition coefficient (Wildman–Crippen LogP) is 2.40. The Hall–Kier alpha value is -3.11. The van der Waals surface area contributed by atoms with Gasteiger partial charge < -0.3 is 20.0 Å². The van der Waals surface area contributed by atoms with Gasteiger partial charge in [0.2, 0.25) is 23.5 Å². The first-order valence-electron chi connectivity index (χ1n) is 9.00. The third kappa shape index (κ3) is 6.47. The zero-order valence-electron chi connectivity index (χ0n) is 16.0. The molecule has 0 spiro atoms. The molecule has 0 aliphatic carbocycles. The largest absolute Gasteiger partial charge is 0.432 e. The number of amides is 2. The summed E-state index contributed by atoms with van der Waals surface area (Å²) in [6.45, 7) is 3.34. The van der Waals surface area contributed by atoms with Crippen LogP contribution in [0.2, 0.25) is 0 Å². The second-order valence-corrected chi connectivity index (χ2v) is 6.57. The summed E-state index contributed by atoms with van der Waals surface area (Å²) in [6.07, 6.45) is -0.952. The molecule has 11 heteroatoms. The zero-order valence-corrected chi connectivity index (χ0v) is 16.0. The molecule has 0 radical (unpaired) electrons. The molecular weight excluding hydrogens is 390 g/mol. The summed E-state index contributed by atoms with van der Waals surface area (Å²) in [7, 11) is 0. The number of primary amides is 1. The normalized spacial score (nSPS) is 12.6. The lowest BCUT2D eigenvalue weighted by molar-refractivity contribution is -0.124. The van der Waals surface area contributed by atoms with Crippen molar-refractivity contribution >= 4 is 17.6 Å². The molecule has 0 unspecified atom stereocenters. The number of hydrogen-bond donors (Lipinski definition) is 2. The number of nitrogens with two attached hydrogens (primary N) is 1. The minimum Gasteiger partial charge on any atom is -0.432 e. The minimum atomic E-state index is -3.20. The summed E-state index contributed by atoms with van der Waals surface area (Å²) in [4.78, 5) is 39.0. The number of carbonyl (C=O) groups excluding carboxylic acids is 3. The Labute approximate surface area is 165 Å². The van der Waals surface area contributed by atoms with Crippen LogP contribution in [0.25, 0.3) is 11.5 Å². The van der Waals surface area contributed by atoms with E-state index in [1.165, 1.54) is 6.20 Å². The van der Waals surface area contributed by atoms with Gasteiger partial charge in [0.25, 0.3) is 5.89 Å². The van der Waals surface area contributed by atoms with Gasteiger partial charge in [-0.2, -0.15) is 0 Å². The average Bonchev–Trinajstić information content (AvgIpc) is 3.31. The molecule has 2 heterocycles. The molecule has 2 aromatic heterocycles. The number of aryl methyl sites for hydroxylation is 1. The maximum atomic E-state index is 13.7. The molecule has 2 rings (SSSR count). The fourth-order valence-corrected chi connectivity index (χ4v) is 2.49. The second kappa shape index (κ2) is 9.39. The lowest BCUT2D eigenvalue weighted by atomic mass is 10.1. The SMILES string of the molecule is CC[C@H](NC(=O)CCC(F)(F)CCC(N)=O)C(=O)c1ncc(-c2cc(C)on2)o1. The first-order valence-corrected chi connectivity index (χ1v) is 9.00. The summed E-state index contributed by atoms with van der Waals surface area (Å²) in [5, 5.41) is 6.16. The predicted molar refractivity (Wildman–Crippen MR) is 95.9 cm³/mol. The van der Waals surface area contributed by atoms with E-state index in [1.54, 1.807) is 19.9 Å². The maximum Gasteiger partial charge on any atom is 0.265 e. The van der Waals surface area contributed by atoms with Gasteiger partial charge >= 0.3 is 0 Å². The number of hydrogen-bond acceptors (Lipinski definition) is 7. The van der Waals surface area contributed by atoms with Gasteiger partial charge in [0.1, 0.15) is 5.76 Å². The van der Waals surface area contributed by atoms with Gasteiger partial charge in [0, 0.05) is 31.7 Å². The molecule has 0 bridgehead atoms. The van der Waals surface area contributed by atoms with Crippen LogP contribution in [0.5, 0.6) is 0 Å². The Balaban J connectivity index is 1.93. The van der Waals surface area contributed by atoms with Crippen molar-refractivity contribution in [2.24, 2.45) is 5.73 Å². The summed E-state index contributed by atoms with van der Waals surface area (Å²) in [5.41, 5.74) is 5.22. The van der Waals surface area contributed by atoms with Gasteiger partial charge in [-0.25, -0.2) is 13.8 Å². The summed E-state index contributed by atoms with van der Waals surface area (Å²) >= 11 is 0. The standard InChI is InChI=1S/C18H22F2N4O5/c1-3-11(23-15(26)5-7-18(19,20)6-4-14(21)25)16(27)17-22-9-13(28-17)12-8-10(2)29-24-12/h8-9,11H,3-7H2,1-2H3,(H2,21,25)(H,23,26)/t11-/m0/s1. The van der Waals surface area contributed by atoms with E-state index in [4.69, 9.17) is 14.7 Å². The van der Waals surface area contributed by atoms with Crippen molar-refractivity contribution in [3.8, 4) is 11.5 Å². The van der Waals surface area contributed by atoms with E-state index in [0.29, 0.717) is 11.5 Å². The Morgan fingerprint density at radius 1 is 1.28 bits per heavy atom. The minimum absolute atomic E-state index is 0.212. The van der Waals surface area contributed by atoms with Crippen LogP contribution < -0.4 is 11.1 Å². The Morgan fingerprint density at radius 2 is 1.97 bits per heavy atom. The van der Waals surface area contributed by atoms with E-state index < -0.39 is 55.2 Å². The molecule has 0 aliphatic rings. The number of aromatic nitrogens is 2. The molecular formula is C18H22F2N4O5. The lowest BCUT2D eigenvalue weighted by Crippen LogP contribution is -2.41. The fraction of sp³-hybridized carbons (Fsp3) is 0.500. The molecule has 0 aromatic carbocycles. The molecule has 2 amide bonds. The number of nitrogens with one attached hydrogen (secondary N) is 1. The highest BCUT2D eigenvalue weighted by Crippen LogP contribution is 2.26. The fourth-order valence-electron chi connectivity index (χ4n) is 2.49. The number of carbonyl (C=O) groups is 3. The third-order valence-corrected chi connectivity index (χ3v) is 4.11. The molecule has 1 atom stereocenters. The van der Waals surface area contributed by atoms with Crippen LogP contribution in [-0.4, -0.2) is 39.7 Å². The van der Waals surface area contributed by atoms with Crippen molar-refractivity contribution in [3.63, 3.8) is 0 Å². The number of halogens is 2. The molecule has 2 aromatic rings. The molecule has 29 heavy (non-hydrogen) atoms. The van der Waals surface area contributed by atoms with Crippen LogP contribution in [0.4, 0.5) is 8.78 Å². The smallest absolute Gasteiger partial charge is 0.265 e. The molecule has 0 aliphatic heterocycles. The van der Waals surface area contributed by atoms with Crippen LogP contribution in [0.15, 0.2) is 21.2 Å².